The first-order valence-corrected chi connectivity index (χ1v) is 6.57. The molecule has 1 fully saturated rings. The van der Waals surface area contributed by atoms with E-state index in [1.807, 2.05) is 54.6 Å². The molecule has 21 heavy (non-hydrogen) atoms. The van der Waals surface area contributed by atoms with Gasteiger partial charge in [-0.1, -0.05) is 19.4 Å². The third-order valence-electron chi connectivity index (χ3n) is 2.52. The monoisotopic (exact) mass is 317 g/mol. The summed E-state index contributed by atoms with van der Waals surface area (Å²) in [4.78, 5) is 0. The first kappa shape index (κ1) is 22.4. The van der Waals surface area contributed by atoms with Crippen LogP contribution in [0.1, 0.15) is 18.4 Å². The van der Waals surface area contributed by atoms with Crippen molar-refractivity contribution in [1.29, 1.82) is 0 Å². The molecule has 0 amide bonds. The van der Waals surface area contributed by atoms with Gasteiger partial charge >= 0.3 is 21.7 Å². The number of nitrogens with two attached hydrogens (primary N) is 1. The van der Waals surface area contributed by atoms with Crippen molar-refractivity contribution in [3.63, 3.8) is 0 Å². The Morgan fingerprint density at radius 2 is 1.62 bits per heavy atom. The van der Waals surface area contributed by atoms with E-state index in [2.05, 4.69) is 26.0 Å². The van der Waals surface area contributed by atoms with Crippen LogP contribution in [0.25, 0.3) is 6.15 Å². The predicted octanol–water partition coefficient (Wildman–Crippen LogP) is 5.00. The van der Waals surface area contributed by atoms with Crippen LogP contribution in [0, 0.1) is 26.0 Å². The number of hydrogen-bond donors (Lipinski definition) is 0. The summed E-state index contributed by atoms with van der Waals surface area (Å²) in [7, 11) is 0. The van der Waals surface area contributed by atoms with Crippen molar-refractivity contribution in [2.24, 2.45) is 0 Å². The SMILES string of the molecule is Cc1cc[c-]cc1.[CH2-]C1CCCO1.[NH2-].[Ti+4].[c-]1ccccc1. The molecule has 110 valence electrons. The summed E-state index contributed by atoms with van der Waals surface area (Å²) in [6.45, 7) is 6.70. The van der Waals surface area contributed by atoms with Gasteiger partial charge in [0.15, 0.2) is 0 Å². The summed E-state index contributed by atoms with van der Waals surface area (Å²) >= 11 is 0. The van der Waals surface area contributed by atoms with E-state index in [0.717, 1.165) is 13.0 Å². The van der Waals surface area contributed by atoms with Crippen LogP contribution in [0.15, 0.2) is 54.6 Å². The van der Waals surface area contributed by atoms with Gasteiger partial charge in [-0.3, -0.25) is 0 Å². The molecule has 3 heteroatoms. The fourth-order valence-corrected chi connectivity index (χ4v) is 1.46. The molecule has 2 N–H and O–H groups in total. The third-order valence-corrected chi connectivity index (χ3v) is 2.52. The summed E-state index contributed by atoms with van der Waals surface area (Å²) < 4.78 is 5.04. The number of hydrogen-bond acceptors (Lipinski definition) is 1. The largest absolute Gasteiger partial charge is 4.00 e. The zero-order valence-corrected chi connectivity index (χ0v) is 14.1. The molecule has 0 aromatic heterocycles. The maximum absolute atomic E-state index is 5.04. The summed E-state index contributed by atoms with van der Waals surface area (Å²) in [5.41, 5.74) is 1.29. The molecular weight excluding hydrogens is 294 g/mol. The van der Waals surface area contributed by atoms with E-state index in [0.29, 0.717) is 6.10 Å². The molecule has 1 saturated heterocycles. The van der Waals surface area contributed by atoms with Gasteiger partial charge in [-0.25, -0.2) is 0 Å². The molecule has 0 radical (unpaired) electrons. The molecule has 1 atom stereocenters. The molecule has 2 nitrogen and oxygen atoms in total. The Morgan fingerprint density at radius 3 is 1.81 bits per heavy atom. The molecule has 2 aromatic rings. The first-order valence-electron chi connectivity index (χ1n) is 6.57. The predicted molar refractivity (Wildman–Crippen MR) is 84.9 cm³/mol. The fourth-order valence-electron chi connectivity index (χ4n) is 1.46. The summed E-state index contributed by atoms with van der Waals surface area (Å²) in [5, 5.41) is 0. The number of ether oxygens (including phenoxy) is 1. The van der Waals surface area contributed by atoms with Gasteiger partial charge in [0, 0.05) is 6.61 Å². The van der Waals surface area contributed by atoms with E-state index in [4.69, 9.17) is 4.74 Å². The molecular formula is C18H23NOTi. The van der Waals surface area contributed by atoms with Gasteiger partial charge in [0.2, 0.25) is 0 Å². The molecule has 0 bridgehead atoms. The van der Waals surface area contributed by atoms with E-state index < -0.39 is 0 Å². The van der Waals surface area contributed by atoms with Crippen LogP contribution in [0.4, 0.5) is 0 Å². The molecule has 1 heterocycles. The van der Waals surface area contributed by atoms with Gasteiger partial charge in [-0.2, -0.15) is 72.3 Å². The van der Waals surface area contributed by atoms with Crippen LogP contribution in [0.5, 0.6) is 0 Å². The van der Waals surface area contributed by atoms with Crippen molar-refractivity contribution in [2.45, 2.75) is 25.9 Å². The minimum atomic E-state index is 0. The van der Waals surface area contributed by atoms with Crippen molar-refractivity contribution in [3.8, 4) is 0 Å². The quantitative estimate of drug-likeness (QED) is 0.498. The summed E-state index contributed by atoms with van der Waals surface area (Å²) in [6.07, 6.45) is 2.65. The Kier molecular flexibility index (Phi) is 16.5. The van der Waals surface area contributed by atoms with Crippen molar-refractivity contribution < 1.29 is 26.5 Å². The van der Waals surface area contributed by atoms with Crippen LogP contribution >= 0.6 is 0 Å². The third kappa shape index (κ3) is 13.8. The molecule has 1 aliphatic rings. The molecule has 1 aliphatic heterocycles. The van der Waals surface area contributed by atoms with Gasteiger partial charge in [0.05, 0.1) is 0 Å². The summed E-state index contributed by atoms with van der Waals surface area (Å²) in [5.74, 6) is 0. The zero-order chi connectivity index (χ0) is 13.8. The normalized spacial score (nSPS) is 15.0. The Hall–Kier alpha value is -0.926. The van der Waals surface area contributed by atoms with Crippen molar-refractivity contribution in [3.05, 3.63) is 85.4 Å². The smallest absolute Gasteiger partial charge is 0.693 e. The minimum absolute atomic E-state index is 0. The second-order valence-corrected chi connectivity index (χ2v) is 4.29. The van der Waals surface area contributed by atoms with Crippen molar-refractivity contribution in [2.75, 3.05) is 6.61 Å². The van der Waals surface area contributed by atoms with Crippen LogP contribution in [0.2, 0.25) is 0 Å². The van der Waals surface area contributed by atoms with E-state index in [1.165, 1.54) is 12.0 Å². The molecule has 0 saturated carbocycles. The van der Waals surface area contributed by atoms with Crippen molar-refractivity contribution >= 4 is 0 Å². The number of benzene rings is 2. The number of aryl methyl sites for hydroxylation is 1. The molecule has 0 aliphatic carbocycles. The van der Waals surface area contributed by atoms with Gasteiger partial charge in [-0.05, 0) is 6.42 Å². The first-order chi connectivity index (χ1) is 9.29. The molecule has 3 rings (SSSR count). The summed E-state index contributed by atoms with van der Waals surface area (Å²) in [6, 6.07) is 23.3. The average molecular weight is 317 g/mol. The number of rotatable bonds is 0. The Balaban J connectivity index is 0. The topological polar surface area (TPSA) is 42.7 Å². The standard InChI is InChI=1S/C7H7.C6H5.C5H9O.H2N.Ti/c1-7-5-3-2-4-6-7;1-2-4-6-5-3-1;1-5-3-2-4-6-5;;/h3-6H,1H3;1-5H;5H,1-4H2;1H2;/q4*-1;+4. The van der Waals surface area contributed by atoms with Gasteiger partial charge in [0.1, 0.15) is 0 Å². The molecule has 1 unspecified atom stereocenters. The molecule has 0 spiro atoms. The maximum Gasteiger partial charge on any atom is 4.00 e. The fraction of sp³-hybridized carbons (Fsp3) is 0.278. The van der Waals surface area contributed by atoms with E-state index in [9.17, 15) is 0 Å². The Morgan fingerprint density at radius 1 is 1.05 bits per heavy atom. The van der Waals surface area contributed by atoms with E-state index in [1.54, 1.807) is 0 Å². The van der Waals surface area contributed by atoms with Gasteiger partial charge < -0.3 is 17.8 Å². The molecule has 2 aromatic carbocycles. The Labute approximate surface area is 144 Å². The van der Waals surface area contributed by atoms with Crippen LogP contribution in [-0.2, 0) is 26.5 Å². The van der Waals surface area contributed by atoms with Crippen molar-refractivity contribution in [1.82, 2.24) is 0 Å². The van der Waals surface area contributed by atoms with Gasteiger partial charge in [0.25, 0.3) is 0 Å². The zero-order valence-electron chi connectivity index (χ0n) is 12.6. The van der Waals surface area contributed by atoms with Gasteiger partial charge in [-0.15, -0.1) is 0 Å². The van der Waals surface area contributed by atoms with Crippen LogP contribution in [-0.4, -0.2) is 12.7 Å². The minimum Gasteiger partial charge on any atom is -0.693 e. The second kappa shape index (κ2) is 15.5. The average Bonchev–Trinajstić information content (AvgIpc) is 2.94. The second-order valence-electron chi connectivity index (χ2n) is 4.29. The van der Waals surface area contributed by atoms with E-state index in [-0.39, 0.29) is 27.9 Å². The maximum atomic E-state index is 5.04. The van der Waals surface area contributed by atoms with E-state index >= 15 is 0 Å². The van der Waals surface area contributed by atoms with Crippen LogP contribution < -0.4 is 0 Å². The Bertz CT molecular complexity index is 375. The van der Waals surface area contributed by atoms with Crippen LogP contribution in [0.3, 0.4) is 0 Å².